The van der Waals surface area contributed by atoms with Crippen LogP contribution in [-0.4, -0.2) is 22.9 Å². The summed E-state index contributed by atoms with van der Waals surface area (Å²) < 4.78 is 5.30. The second-order valence-corrected chi connectivity index (χ2v) is 7.64. The highest BCUT2D eigenvalue weighted by Gasteiger charge is 2.35. The van der Waals surface area contributed by atoms with Gasteiger partial charge in [-0.05, 0) is 70.2 Å². The minimum absolute atomic E-state index is 0.312. The van der Waals surface area contributed by atoms with Crippen molar-refractivity contribution in [3.05, 3.63) is 28.8 Å². The molecule has 4 N–H and O–H groups in total. The lowest BCUT2D eigenvalue weighted by Crippen LogP contribution is -2.42. The van der Waals surface area contributed by atoms with Crippen molar-refractivity contribution < 1.29 is 14.6 Å². The molecule has 1 saturated carbocycles. The molecule has 6 heteroatoms. The maximum atomic E-state index is 12.1. The van der Waals surface area contributed by atoms with Gasteiger partial charge in [-0.25, -0.2) is 4.79 Å². The molecule has 1 aromatic carbocycles. The van der Waals surface area contributed by atoms with E-state index in [0.717, 1.165) is 5.56 Å². The van der Waals surface area contributed by atoms with Gasteiger partial charge in [0.15, 0.2) is 0 Å². The molecule has 0 spiro atoms. The van der Waals surface area contributed by atoms with Gasteiger partial charge in [-0.2, -0.15) is 0 Å². The number of anilines is 1. The molecule has 0 unspecified atom stereocenters. The highest BCUT2D eigenvalue weighted by Crippen LogP contribution is 2.39. The lowest BCUT2D eigenvalue weighted by Gasteiger charge is -2.37. The van der Waals surface area contributed by atoms with Crippen molar-refractivity contribution in [1.82, 2.24) is 0 Å². The van der Waals surface area contributed by atoms with Crippen molar-refractivity contribution in [2.75, 3.05) is 5.32 Å². The summed E-state index contributed by atoms with van der Waals surface area (Å²) in [5, 5.41) is 13.0. The normalized spacial score (nSPS) is 25.0. The van der Waals surface area contributed by atoms with Gasteiger partial charge in [0.1, 0.15) is 5.60 Å². The molecule has 1 fully saturated rings. The van der Waals surface area contributed by atoms with Gasteiger partial charge in [0.2, 0.25) is 0 Å². The molecule has 0 saturated heterocycles. The fraction of sp³-hybridized carbons (Fsp3) is 0.588. The number of halogens is 1. The Morgan fingerprint density at radius 3 is 2.57 bits per heavy atom. The molecule has 1 amide bonds. The monoisotopic (exact) mass is 340 g/mol. The molecule has 1 aliphatic carbocycles. The van der Waals surface area contributed by atoms with Crippen LogP contribution in [0.4, 0.5) is 10.5 Å². The predicted octanol–water partition coefficient (Wildman–Crippen LogP) is 3.78. The maximum Gasteiger partial charge on any atom is 0.412 e. The number of rotatable bonds is 2. The summed E-state index contributed by atoms with van der Waals surface area (Å²) in [7, 11) is 0. The summed E-state index contributed by atoms with van der Waals surface area (Å²) in [6, 6.07) is 5.23. The standard InChI is InChI=1S/C17H25ClN2O3/c1-16(2,3)23-15(22)20-14-5-4-11(18)10-13(14)17(19)8-6-12(21)7-9-17/h4-5,10,12,21H,6-9,19H2,1-3H3,(H,20,22). The molecule has 1 aliphatic rings. The molecule has 1 aromatic rings. The summed E-state index contributed by atoms with van der Waals surface area (Å²) in [5.74, 6) is 0. The van der Waals surface area contributed by atoms with Gasteiger partial charge in [0.05, 0.1) is 6.10 Å². The van der Waals surface area contributed by atoms with Crippen LogP contribution in [0.25, 0.3) is 0 Å². The van der Waals surface area contributed by atoms with Crippen LogP contribution in [0.5, 0.6) is 0 Å². The largest absolute Gasteiger partial charge is 0.444 e. The topological polar surface area (TPSA) is 84.6 Å². The number of carbonyl (C=O) groups is 1. The third-order valence-electron chi connectivity index (χ3n) is 4.00. The fourth-order valence-electron chi connectivity index (χ4n) is 2.84. The highest BCUT2D eigenvalue weighted by molar-refractivity contribution is 6.30. The van der Waals surface area contributed by atoms with Crippen LogP contribution in [-0.2, 0) is 10.3 Å². The Morgan fingerprint density at radius 2 is 2.00 bits per heavy atom. The molecule has 0 heterocycles. The van der Waals surface area contributed by atoms with Gasteiger partial charge in [-0.3, -0.25) is 5.32 Å². The van der Waals surface area contributed by atoms with E-state index in [2.05, 4.69) is 5.32 Å². The second-order valence-electron chi connectivity index (χ2n) is 7.20. The van der Waals surface area contributed by atoms with Crippen molar-refractivity contribution in [3.8, 4) is 0 Å². The van der Waals surface area contributed by atoms with Crippen LogP contribution in [0.1, 0.15) is 52.0 Å². The molecule has 23 heavy (non-hydrogen) atoms. The van der Waals surface area contributed by atoms with Crippen LogP contribution in [0.3, 0.4) is 0 Å². The average molecular weight is 341 g/mol. The van der Waals surface area contributed by atoms with Crippen molar-refractivity contribution in [1.29, 1.82) is 0 Å². The van der Waals surface area contributed by atoms with E-state index in [9.17, 15) is 9.90 Å². The Hall–Kier alpha value is -1.30. The van der Waals surface area contributed by atoms with Crippen molar-refractivity contribution in [2.45, 2.75) is 63.7 Å². The van der Waals surface area contributed by atoms with Gasteiger partial charge in [-0.1, -0.05) is 11.6 Å². The Morgan fingerprint density at radius 1 is 1.39 bits per heavy atom. The molecule has 0 radical (unpaired) electrons. The number of ether oxygens (including phenoxy) is 1. The summed E-state index contributed by atoms with van der Waals surface area (Å²) in [5.41, 5.74) is 6.74. The Kier molecular flexibility index (Phi) is 5.23. The number of aliphatic hydroxyl groups excluding tert-OH is 1. The van der Waals surface area contributed by atoms with Crippen LogP contribution < -0.4 is 11.1 Å². The number of hydrogen-bond donors (Lipinski definition) is 3. The number of nitrogens with two attached hydrogens (primary N) is 1. The molecule has 2 rings (SSSR count). The van der Waals surface area contributed by atoms with E-state index in [1.165, 1.54) is 0 Å². The molecule has 0 aromatic heterocycles. The van der Waals surface area contributed by atoms with E-state index in [1.807, 2.05) is 20.8 Å². The first kappa shape index (κ1) is 18.0. The second kappa shape index (κ2) is 6.67. The number of nitrogens with one attached hydrogen (secondary N) is 1. The summed E-state index contributed by atoms with van der Waals surface area (Å²) in [6.07, 6.45) is 1.70. The Labute approximate surface area is 142 Å². The van der Waals surface area contributed by atoms with Crippen LogP contribution in [0.15, 0.2) is 18.2 Å². The SMILES string of the molecule is CC(C)(C)OC(=O)Nc1ccc(Cl)cc1C1(N)CCC(O)CC1. The van der Waals surface area contributed by atoms with E-state index in [1.54, 1.807) is 18.2 Å². The lowest BCUT2D eigenvalue weighted by atomic mass is 9.76. The first-order chi connectivity index (χ1) is 10.6. The van der Waals surface area contributed by atoms with E-state index in [-0.39, 0.29) is 6.10 Å². The predicted molar refractivity (Wildman–Crippen MR) is 91.6 cm³/mol. The molecule has 0 bridgehead atoms. The fourth-order valence-corrected chi connectivity index (χ4v) is 3.01. The van der Waals surface area contributed by atoms with E-state index >= 15 is 0 Å². The molecule has 5 nitrogen and oxygen atoms in total. The summed E-state index contributed by atoms with van der Waals surface area (Å²) in [6.45, 7) is 5.42. The van der Waals surface area contributed by atoms with E-state index < -0.39 is 17.2 Å². The van der Waals surface area contributed by atoms with Gasteiger partial charge < -0.3 is 15.6 Å². The first-order valence-corrected chi connectivity index (χ1v) is 8.24. The third kappa shape index (κ3) is 4.83. The van der Waals surface area contributed by atoms with Crippen LogP contribution in [0, 0.1) is 0 Å². The lowest BCUT2D eigenvalue weighted by molar-refractivity contribution is 0.0634. The van der Waals surface area contributed by atoms with Crippen LogP contribution >= 0.6 is 11.6 Å². The number of benzene rings is 1. The number of amides is 1. The van der Waals surface area contributed by atoms with Crippen molar-refractivity contribution >= 4 is 23.4 Å². The van der Waals surface area contributed by atoms with Crippen LogP contribution in [0.2, 0.25) is 5.02 Å². The smallest absolute Gasteiger partial charge is 0.412 e. The zero-order valence-corrected chi connectivity index (χ0v) is 14.6. The zero-order chi connectivity index (χ0) is 17.3. The summed E-state index contributed by atoms with van der Waals surface area (Å²) in [4.78, 5) is 12.1. The van der Waals surface area contributed by atoms with Gasteiger partial charge in [0.25, 0.3) is 0 Å². The summed E-state index contributed by atoms with van der Waals surface area (Å²) >= 11 is 6.12. The van der Waals surface area contributed by atoms with Crippen molar-refractivity contribution in [3.63, 3.8) is 0 Å². The van der Waals surface area contributed by atoms with Gasteiger partial charge in [0, 0.05) is 16.2 Å². The minimum atomic E-state index is -0.617. The molecule has 0 atom stereocenters. The van der Waals surface area contributed by atoms with Gasteiger partial charge in [-0.15, -0.1) is 0 Å². The first-order valence-electron chi connectivity index (χ1n) is 7.86. The minimum Gasteiger partial charge on any atom is -0.444 e. The Bertz CT molecular complexity index is 576. The zero-order valence-electron chi connectivity index (χ0n) is 13.9. The number of carbonyl (C=O) groups excluding carboxylic acids is 1. The number of aliphatic hydroxyl groups is 1. The van der Waals surface area contributed by atoms with Gasteiger partial charge >= 0.3 is 6.09 Å². The highest BCUT2D eigenvalue weighted by atomic mass is 35.5. The quantitative estimate of drug-likeness (QED) is 0.765. The molecular weight excluding hydrogens is 316 g/mol. The third-order valence-corrected chi connectivity index (χ3v) is 4.24. The molecule has 0 aliphatic heterocycles. The van der Waals surface area contributed by atoms with E-state index in [0.29, 0.717) is 36.4 Å². The number of hydrogen-bond acceptors (Lipinski definition) is 4. The Balaban J connectivity index is 2.26. The van der Waals surface area contributed by atoms with E-state index in [4.69, 9.17) is 22.1 Å². The average Bonchev–Trinajstić information content (AvgIpc) is 2.42. The molecular formula is C17H25ClN2O3. The van der Waals surface area contributed by atoms with Crippen molar-refractivity contribution in [2.24, 2.45) is 5.73 Å². The molecule has 128 valence electrons. The maximum absolute atomic E-state index is 12.1.